The van der Waals surface area contributed by atoms with Crippen molar-refractivity contribution in [1.29, 1.82) is 0 Å². The molecular weight excluding hydrogens is 296 g/mol. The minimum atomic E-state index is -0.903. The largest absolute Gasteiger partial charge is 0.424 e. The summed E-state index contributed by atoms with van der Waals surface area (Å²) in [5.74, 6) is -0.550. The van der Waals surface area contributed by atoms with Gasteiger partial charge in [0, 0.05) is 7.11 Å². The van der Waals surface area contributed by atoms with E-state index < -0.39 is 17.9 Å². The normalized spacial score (nSPS) is 18.7. The summed E-state index contributed by atoms with van der Waals surface area (Å²) in [6.07, 6.45) is 0.224. The Bertz CT molecular complexity index is 546. The molecule has 5 heteroatoms. The van der Waals surface area contributed by atoms with E-state index in [9.17, 15) is 4.79 Å². The summed E-state index contributed by atoms with van der Waals surface area (Å²) in [5, 5.41) is 0. The van der Waals surface area contributed by atoms with Gasteiger partial charge in [0.15, 0.2) is 11.9 Å². The van der Waals surface area contributed by atoms with Gasteiger partial charge in [0.05, 0.1) is 18.8 Å². The van der Waals surface area contributed by atoms with Crippen molar-refractivity contribution in [2.24, 2.45) is 0 Å². The molecule has 1 fully saturated rings. The number of benzene rings is 1. The van der Waals surface area contributed by atoms with Gasteiger partial charge in [0.2, 0.25) is 0 Å². The Morgan fingerprint density at radius 1 is 1.22 bits per heavy atom. The summed E-state index contributed by atoms with van der Waals surface area (Å²) in [6.45, 7) is 8.92. The summed E-state index contributed by atoms with van der Waals surface area (Å²) < 4.78 is 22.3. The van der Waals surface area contributed by atoms with Crippen LogP contribution in [0.15, 0.2) is 18.2 Å². The van der Waals surface area contributed by atoms with E-state index in [0.717, 1.165) is 17.5 Å². The summed E-state index contributed by atoms with van der Waals surface area (Å²) in [4.78, 5) is 12.1. The molecule has 1 aliphatic rings. The highest BCUT2D eigenvalue weighted by atomic mass is 16.7. The average Bonchev–Trinajstić information content (AvgIpc) is 2.54. The Morgan fingerprint density at radius 3 is 2.43 bits per heavy atom. The lowest BCUT2D eigenvalue weighted by atomic mass is 9.97. The summed E-state index contributed by atoms with van der Waals surface area (Å²) in [5.41, 5.74) is 1.80. The molecular formula is C18H26O5. The third-order valence-corrected chi connectivity index (χ3v) is 4.10. The molecule has 1 aromatic carbocycles. The van der Waals surface area contributed by atoms with Gasteiger partial charge in [-0.25, -0.2) is 4.79 Å². The highest BCUT2D eigenvalue weighted by Crippen LogP contribution is 2.38. The maximum Gasteiger partial charge on any atom is 0.340 e. The molecule has 1 atom stereocenters. The zero-order chi connectivity index (χ0) is 17.0. The standard InChI is InChI=1S/C18H26O5/c1-12(2)14-7-8-15(18(4)21-9-6-10-22-18)16(11-14)23-17(19)13(3)20-5/h7-8,11-13H,6,9-10H2,1-5H3. The third-order valence-electron chi connectivity index (χ3n) is 4.10. The second kappa shape index (κ2) is 7.43. The second-order valence-corrected chi connectivity index (χ2v) is 6.21. The first kappa shape index (κ1) is 17.9. The van der Waals surface area contributed by atoms with Crippen molar-refractivity contribution in [3.05, 3.63) is 29.3 Å². The molecule has 5 nitrogen and oxygen atoms in total. The Balaban J connectivity index is 2.38. The molecule has 1 heterocycles. The summed E-state index contributed by atoms with van der Waals surface area (Å²) >= 11 is 0. The first-order valence-electron chi connectivity index (χ1n) is 8.04. The van der Waals surface area contributed by atoms with Crippen molar-refractivity contribution in [3.8, 4) is 5.75 Å². The number of esters is 1. The molecule has 23 heavy (non-hydrogen) atoms. The van der Waals surface area contributed by atoms with E-state index in [4.69, 9.17) is 18.9 Å². The Hall–Kier alpha value is -1.43. The highest BCUT2D eigenvalue weighted by molar-refractivity contribution is 5.77. The number of carbonyl (C=O) groups excluding carboxylic acids is 1. The van der Waals surface area contributed by atoms with Crippen molar-refractivity contribution < 1.29 is 23.7 Å². The first-order valence-corrected chi connectivity index (χ1v) is 8.04. The van der Waals surface area contributed by atoms with Crippen LogP contribution in [0.5, 0.6) is 5.75 Å². The van der Waals surface area contributed by atoms with Crippen molar-refractivity contribution in [3.63, 3.8) is 0 Å². The maximum absolute atomic E-state index is 12.1. The lowest BCUT2D eigenvalue weighted by molar-refractivity contribution is -0.265. The molecule has 1 unspecified atom stereocenters. The van der Waals surface area contributed by atoms with Crippen LogP contribution in [0.3, 0.4) is 0 Å². The molecule has 128 valence electrons. The monoisotopic (exact) mass is 322 g/mol. The van der Waals surface area contributed by atoms with E-state index in [-0.39, 0.29) is 0 Å². The molecule has 2 rings (SSSR count). The van der Waals surface area contributed by atoms with E-state index in [0.29, 0.717) is 24.9 Å². The predicted octanol–water partition coefficient (Wildman–Crippen LogP) is 3.36. The fraction of sp³-hybridized carbons (Fsp3) is 0.611. The van der Waals surface area contributed by atoms with E-state index in [2.05, 4.69) is 13.8 Å². The maximum atomic E-state index is 12.1. The molecule has 0 radical (unpaired) electrons. The van der Waals surface area contributed by atoms with Crippen LogP contribution in [0, 0.1) is 0 Å². The number of methoxy groups -OCH3 is 1. The zero-order valence-corrected chi connectivity index (χ0v) is 14.5. The van der Waals surface area contributed by atoms with Crippen molar-refractivity contribution in [2.45, 2.75) is 51.9 Å². The molecule has 1 saturated heterocycles. The molecule has 1 aliphatic heterocycles. The molecule has 0 amide bonds. The van der Waals surface area contributed by atoms with Crippen molar-refractivity contribution >= 4 is 5.97 Å². The van der Waals surface area contributed by atoms with E-state index in [1.54, 1.807) is 6.92 Å². The van der Waals surface area contributed by atoms with Crippen molar-refractivity contribution in [2.75, 3.05) is 20.3 Å². The van der Waals surface area contributed by atoms with Crippen LogP contribution in [-0.4, -0.2) is 32.4 Å². The summed E-state index contributed by atoms with van der Waals surface area (Å²) in [6, 6.07) is 5.82. The second-order valence-electron chi connectivity index (χ2n) is 6.21. The van der Waals surface area contributed by atoms with Crippen LogP contribution < -0.4 is 4.74 Å². The molecule has 0 aliphatic carbocycles. The number of rotatable bonds is 5. The zero-order valence-electron chi connectivity index (χ0n) is 14.5. The van der Waals surface area contributed by atoms with E-state index >= 15 is 0 Å². The molecule has 0 saturated carbocycles. The lowest BCUT2D eigenvalue weighted by Crippen LogP contribution is -2.36. The molecule has 1 aromatic rings. The van der Waals surface area contributed by atoms with Crippen LogP contribution >= 0.6 is 0 Å². The quantitative estimate of drug-likeness (QED) is 0.614. The smallest absolute Gasteiger partial charge is 0.340 e. The number of hydrogen-bond acceptors (Lipinski definition) is 5. The van der Waals surface area contributed by atoms with Gasteiger partial charge < -0.3 is 18.9 Å². The third kappa shape index (κ3) is 4.10. The molecule has 0 spiro atoms. The minimum Gasteiger partial charge on any atom is -0.424 e. The molecule has 0 aromatic heterocycles. The summed E-state index contributed by atoms with van der Waals surface area (Å²) in [7, 11) is 1.48. The molecule has 0 N–H and O–H groups in total. The average molecular weight is 322 g/mol. The van der Waals surface area contributed by atoms with Gasteiger partial charge in [-0.15, -0.1) is 0 Å². The number of carbonyl (C=O) groups is 1. The topological polar surface area (TPSA) is 54.0 Å². The van der Waals surface area contributed by atoms with Crippen LogP contribution in [0.4, 0.5) is 0 Å². The SMILES string of the molecule is COC(C)C(=O)Oc1cc(C(C)C)ccc1C1(C)OCCCO1. The number of ether oxygens (including phenoxy) is 4. The predicted molar refractivity (Wildman–Crippen MR) is 86.5 cm³/mol. The van der Waals surface area contributed by atoms with Gasteiger partial charge in [-0.05, 0) is 43.9 Å². The van der Waals surface area contributed by atoms with Gasteiger partial charge in [-0.3, -0.25) is 0 Å². The Morgan fingerprint density at radius 2 is 1.87 bits per heavy atom. The van der Waals surface area contributed by atoms with Crippen molar-refractivity contribution in [1.82, 2.24) is 0 Å². The fourth-order valence-corrected chi connectivity index (χ4v) is 2.44. The van der Waals surface area contributed by atoms with Crippen LogP contribution in [0.25, 0.3) is 0 Å². The van der Waals surface area contributed by atoms with Gasteiger partial charge in [0.1, 0.15) is 5.75 Å². The van der Waals surface area contributed by atoms with Crippen LogP contribution in [-0.2, 0) is 24.8 Å². The highest BCUT2D eigenvalue weighted by Gasteiger charge is 2.35. The van der Waals surface area contributed by atoms with E-state index in [1.165, 1.54) is 7.11 Å². The van der Waals surface area contributed by atoms with Gasteiger partial charge >= 0.3 is 5.97 Å². The van der Waals surface area contributed by atoms with E-state index in [1.807, 2.05) is 25.1 Å². The first-order chi connectivity index (χ1) is 10.9. The van der Waals surface area contributed by atoms with Gasteiger partial charge in [-0.1, -0.05) is 19.9 Å². The van der Waals surface area contributed by atoms with Crippen LogP contribution in [0.1, 0.15) is 51.2 Å². The van der Waals surface area contributed by atoms with Gasteiger partial charge in [-0.2, -0.15) is 0 Å². The Kier molecular flexibility index (Phi) is 5.79. The number of hydrogen-bond donors (Lipinski definition) is 0. The molecule has 0 bridgehead atoms. The Labute approximate surface area is 137 Å². The fourth-order valence-electron chi connectivity index (χ4n) is 2.44. The van der Waals surface area contributed by atoms with Gasteiger partial charge in [0.25, 0.3) is 0 Å². The minimum absolute atomic E-state index is 0.322. The van der Waals surface area contributed by atoms with Crippen LogP contribution in [0.2, 0.25) is 0 Å². The lowest BCUT2D eigenvalue weighted by Gasteiger charge is -2.35.